The highest BCUT2D eigenvalue weighted by Crippen LogP contribution is 2.26. The molecule has 5 N–H and O–H groups in total. The molecular formula is C21H24O8. The molecule has 0 aromatic heterocycles. The van der Waals surface area contributed by atoms with Crippen LogP contribution in [0.2, 0.25) is 0 Å². The summed E-state index contributed by atoms with van der Waals surface area (Å²) in [5, 5.41) is 48.6. The number of aromatic hydroxyl groups is 2. The number of aliphatic hydroxyl groups is 3. The maximum Gasteiger partial charge on any atom is 0.229 e. The molecule has 1 saturated heterocycles. The highest BCUT2D eigenvalue weighted by molar-refractivity contribution is 5.98. The van der Waals surface area contributed by atoms with E-state index in [-0.39, 0.29) is 29.3 Å². The summed E-state index contributed by atoms with van der Waals surface area (Å²) in [6.45, 7) is 1.57. The molecule has 3 rings (SSSR count). The zero-order valence-electron chi connectivity index (χ0n) is 15.8. The second kappa shape index (κ2) is 8.79. The predicted molar refractivity (Wildman–Crippen MR) is 102 cm³/mol. The van der Waals surface area contributed by atoms with E-state index in [0.717, 1.165) is 11.6 Å². The number of hydrogen-bond acceptors (Lipinski definition) is 8. The van der Waals surface area contributed by atoms with Crippen LogP contribution in [-0.2, 0) is 11.2 Å². The number of rotatable bonds is 6. The van der Waals surface area contributed by atoms with Gasteiger partial charge >= 0.3 is 0 Å². The third kappa shape index (κ3) is 4.86. The van der Waals surface area contributed by atoms with Crippen LogP contribution in [-0.4, -0.2) is 62.0 Å². The smallest absolute Gasteiger partial charge is 0.229 e. The first-order valence-corrected chi connectivity index (χ1v) is 9.26. The van der Waals surface area contributed by atoms with Crippen molar-refractivity contribution in [3.05, 3.63) is 53.6 Å². The summed E-state index contributed by atoms with van der Waals surface area (Å²) in [6.07, 6.45) is -5.16. The number of carbonyl (C=O) groups excluding carboxylic acids is 1. The normalized spacial score (nSPS) is 26.8. The second-order valence-electron chi connectivity index (χ2n) is 7.07. The Balaban J connectivity index is 1.57. The van der Waals surface area contributed by atoms with Crippen LogP contribution in [0.4, 0.5) is 0 Å². The van der Waals surface area contributed by atoms with Gasteiger partial charge < -0.3 is 35.0 Å². The minimum Gasteiger partial charge on any atom is -0.508 e. The fraction of sp³-hybridized carbons (Fsp3) is 0.381. The Kier molecular flexibility index (Phi) is 6.39. The third-order valence-corrected chi connectivity index (χ3v) is 4.91. The van der Waals surface area contributed by atoms with Crippen molar-refractivity contribution in [2.24, 2.45) is 0 Å². The van der Waals surface area contributed by atoms with Gasteiger partial charge in [-0.05, 0) is 43.2 Å². The molecule has 0 radical (unpaired) electrons. The van der Waals surface area contributed by atoms with Crippen molar-refractivity contribution in [3.63, 3.8) is 0 Å². The Hall–Kier alpha value is -2.65. The van der Waals surface area contributed by atoms with Crippen LogP contribution in [0.25, 0.3) is 0 Å². The van der Waals surface area contributed by atoms with Gasteiger partial charge in [-0.25, -0.2) is 0 Å². The molecule has 0 unspecified atom stereocenters. The Bertz CT molecular complexity index is 850. The van der Waals surface area contributed by atoms with Crippen molar-refractivity contribution in [1.29, 1.82) is 0 Å². The van der Waals surface area contributed by atoms with E-state index in [1.165, 1.54) is 12.1 Å². The van der Waals surface area contributed by atoms with E-state index in [0.29, 0.717) is 12.2 Å². The topological polar surface area (TPSA) is 137 Å². The molecule has 1 aliphatic rings. The monoisotopic (exact) mass is 404 g/mol. The Morgan fingerprint density at radius 3 is 2.34 bits per heavy atom. The summed E-state index contributed by atoms with van der Waals surface area (Å²) in [6, 6.07) is 10.7. The molecule has 1 heterocycles. The lowest BCUT2D eigenvalue weighted by Crippen LogP contribution is -2.58. The van der Waals surface area contributed by atoms with Crippen molar-refractivity contribution in [1.82, 2.24) is 0 Å². The van der Waals surface area contributed by atoms with Gasteiger partial charge in [-0.15, -0.1) is 0 Å². The van der Waals surface area contributed by atoms with Crippen molar-refractivity contribution < 1.29 is 39.8 Å². The molecule has 2 aromatic rings. The number of phenolic OH excluding ortho intramolecular Hbond substituents is 2. The van der Waals surface area contributed by atoms with E-state index in [2.05, 4.69) is 0 Å². The minimum absolute atomic E-state index is 0.113. The van der Waals surface area contributed by atoms with Gasteiger partial charge in [-0.2, -0.15) is 0 Å². The fourth-order valence-corrected chi connectivity index (χ4v) is 3.13. The van der Waals surface area contributed by atoms with Crippen LogP contribution in [0.5, 0.6) is 17.2 Å². The SMILES string of the molecule is C[C@@H]1O[C@@H](Oc2ccc(CCC(=O)c3ccc(O)cc3O)cc2)[C@H](O)[C@H](O)[C@H]1O. The summed E-state index contributed by atoms with van der Waals surface area (Å²) in [5.41, 5.74) is 1.01. The van der Waals surface area contributed by atoms with Gasteiger partial charge in [0.1, 0.15) is 35.6 Å². The first-order chi connectivity index (χ1) is 13.8. The average Bonchev–Trinajstić information content (AvgIpc) is 2.69. The van der Waals surface area contributed by atoms with Crippen molar-refractivity contribution in [2.45, 2.75) is 50.5 Å². The largest absolute Gasteiger partial charge is 0.508 e. The molecule has 156 valence electrons. The molecule has 0 spiro atoms. The summed E-state index contributed by atoms with van der Waals surface area (Å²) < 4.78 is 11.0. The van der Waals surface area contributed by atoms with Crippen LogP contribution in [0.15, 0.2) is 42.5 Å². The lowest BCUT2D eigenvalue weighted by molar-refractivity contribution is -0.268. The van der Waals surface area contributed by atoms with Gasteiger partial charge in [0.05, 0.1) is 11.7 Å². The summed E-state index contributed by atoms with van der Waals surface area (Å²) in [5.74, 6) is -0.219. The van der Waals surface area contributed by atoms with Gasteiger partial charge in [-0.3, -0.25) is 4.79 Å². The molecule has 29 heavy (non-hydrogen) atoms. The molecule has 1 aliphatic heterocycles. The Labute approximate surface area is 167 Å². The number of benzene rings is 2. The highest BCUT2D eigenvalue weighted by atomic mass is 16.7. The predicted octanol–water partition coefficient (Wildman–Crippen LogP) is 1.12. The first kappa shape index (κ1) is 21.1. The zero-order chi connectivity index (χ0) is 21.1. The maximum atomic E-state index is 12.2. The quantitative estimate of drug-likeness (QED) is 0.452. The number of phenols is 2. The molecule has 0 saturated carbocycles. The van der Waals surface area contributed by atoms with Gasteiger partial charge in [0.2, 0.25) is 6.29 Å². The van der Waals surface area contributed by atoms with E-state index in [9.17, 15) is 30.3 Å². The molecule has 8 nitrogen and oxygen atoms in total. The molecule has 0 bridgehead atoms. The van der Waals surface area contributed by atoms with Crippen molar-refractivity contribution in [2.75, 3.05) is 0 Å². The number of Topliss-reactive ketones (excluding diaryl/α,β-unsaturated/α-hetero) is 1. The number of ether oxygens (including phenoxy) is 2. The van der Waals surface area contributed by atoms with Crippen LogP contribution in [0, 0.1) is 0 Å². The summed E-state index contributed by atoms with van der Waals surface area (Å²) in [4.78, 5) is 12.2. The molecule has 0 aliphatic carbocycles. The highest BCUT2D eigenvalue weighted by Gasteiger charge is 2.43. The zero-order valence-corrected chi connectivity index (χ0v) is 15.8. The van der Waals surface area contributed by atoms with E-state index in [1.807, 2.05) is 0 Å². The Morgan fingerprint density at radius 2 is 1.69 bits per heavy atom. The molecule has 5 atom stereocenters. The molecule has 1 fully saturated rings. The first-order valence-electron chi connectivity index (χ1n) is 9.26. The van der Waals surface area contributed by atoms with E-state index < -0.39 is 30.7 Å². The summed E-state index contributed by atoms with van der Waals surface area (Å²) >= 11 is 0. The van der Waals surface area contributed by atoms with E-state index in [4.69, 9.17) is 9.47 Å². The van der Waals surface area contributed by atoms with Gasteiger partial charge in [0, 0.05) is 12.5 Å². The van der Waals surface area contributed by atoms with E-state index in [1.54, 1.807) is 31.2 Å². The number of aliphatic hydroxyl groups excluding tert-OH is 3. The van der Waals surface area contributed by atoms with Crippen LogP contribution < -0.4 is 4.74 Å². The van der Waals surface area contributed by atoms with Crippen LogP contribution in [0.1, 0.15) is 29.3 Å². The molecule has 2 aromatic carbocycles. The standard InChI is InChI=1S/C21H24O8/c1-11-18(25)19(26)20(27)21(28-11)29-14-6-2-12(3-7-14)4-9-16(23)15-8-5-13(22)10-17(15)24/h2-3,5-8,10-11,18-22,24-27H,4,9H2,1H3/t11-,18-,19+,20+,21-/m0/s1. The fourth-order valence-electron chi connectivity index (χ4n) is 3.13. The number of carbonyl (C=O) groups is 1. The number of ketones is 1. The van der Waals surface area contributed by atoms with Crippen LogP contribution in [0.3, 0.4) is 0 Å². The summed E-state index contributed by atoms with van der Waals surface area (Å²) in [7, 11) is 0. The molecule has 0 amide bonds. The third-order valence-electron chi connectivity index (χ3n) is 4.91. The van der Waals surface area contributed by atoms with Crippen LogP contribution >= 0.6 is 0 Å². The van der Waals surface area contributed by atoms with Gasteiger partial charge in [0.25, 0.3) is 0 Å². The Morgan fingerprint density at radius 1 is 1.00 bits per heavy atom. The average molecular weight is 404 g/mol. The van der Waals surface area contributed by atoms with Crippen molar-refractivity contribution in [3.8, 4) is 17.2 Å². The molecular weight excluding hydrogens is 380 g/mol. The number of aryl methyl sites for hydroxylation is 1. The van der Waals surface area contributed by atoms with Crippen molar-refractivity contribution >= 4 is 5.78 Å². The number of hydrogen-bond donors (Lipinski definition) is 5. The maximum absolute atomic E-state index is 12.2. The minimum atomic E-state index is -1.39. The van der Waals surface area contributed by atoms with Gasteiger partial charge in [-0.1, -0.05) is 12.1 Å². The molecule has 8 heteroatoms. The lowest BCUT2D eigenvalue weighted by Gasteiger charge is -2.38. The van der Waals surface area contributed by atoms with Gasteiger partial charge in [0.15, 0.2) is 5.78 Å². The van der Waals surface area contributed by atoms with E-state index >= 15 is 0 Å². The second-order valence-corrected chi connectivity index (χ2v) is 7.07. The lowest BCUT2D eigenvalue weighted by atomic mass is 10.00.